The Balaban J connectivity index is 1.43. The summed E-state index contributed by atoms with van der Waals surface area (Å²) in [6.07, 6.45) is -0.875. The zero-order valence-electron chi connectivity index (χ0n) is 16.0. The number of nitrogens with one attached hydrogen (secondary N) is 1. The van der Waals surface area contributed by atoms with E-state index in [-0.39, 0.29) is 18.9 Å². The molecule has 0 unspecified atom stereocenters. The van der Waals surface area contributed by atoms with Crippen LogP contribution in [0.3, 0.4) is 0 Å². The number of carbonyl (C=O) groups is 2. The molecule has 1 amide bonds. The van der Waals surface area contributed by atoms with Gasteiger partial charge in [0.15, 0.2) is 0 Å². The Hall–Kier alpha value is -3.67. The van der Waals surface area contributed by atoms with E-state index in [4.69, 9.17) is 4.74 Å². The van der Waals surface area contributed by atoms with Crippen molar-refractivity contribution in [3.05, 3.63) is 95.3 Å². The van der Waals surface area contributed by atoms with Crippen molar-refractivity contribution in [3.8, 4) is 11.1 Å². The third-order valence-electron chi connectivity index (χ3n) is 5.27. The van der Waals surface area contributed by atoms with Crippen molar-refractivity contribution in [2.75, 3.05) is 6.61 Å². The molecule has 152 valence electrons. The maximum Gasteiger partial charge on any atom is 0.407 e. The second-order valence-corrected chi connectivity index (χ2v) is 7.17. The van der Waals surface area contributed by atoms with Gasteiger partial charge in [-0.1, -0.05) is 60.7 Å². The summed E-state index contributed by atoms with van der Waals surface area (Å²) in [6, 6.07) is 20.0. The number of aliphatic carboxylic acids is 1. The Morgan fingerprint density at radius 2 is 1.50 bits per heavy atom. The van der Waals surface area contributed by atoms with Gasteiger partial charge in [-0.15, -0.1) is 0 Å². The summed E-state index contributed by atoms with van der Waals surface area (Å²) in [4.78, 5) is 23.7. The molecule has 1 N–H and O–H groups in total. The topological polar surface area (TPSA) is 78.5 Å². The standard InChI is InChI=1S/C24H20FNO4/c25-16-11-9-15(10-12-16)13-22(23(27)28)26-24(29)30-14-21-19-7-3-1-5-17(19)18-6-2-4-8-20(18)21/h1-12,21-22H,13-14H2,(H,26,29)(H,27,28)/p-1/t22-/m0/s1. The molecule has 0 aromatic heterocycles. The Kier molecular flexibility index (Phi) is 5.48. The first-order valence-electron chi connectivity index (χ1n) is 9.59. The van der Waals surface area contributed by atoms with Gasteiger partial charge in [-0.05, 0) is 46.4 Å². The highest BCUT2D eigenvalue weighted by molar-refractivity contribution is 5.80. The lowest BCUT2D eigenvalue weighted by atomic mass is 9.98. The highest BCUT2D eigenvalue weighted by atomic mass is 19.1. The van der Waals surface area contributed by atoms with Crippen LogP contribution in [0.2, 0.25) is 0 Å². The normalized spacial score (nSPS) is 13.2. The van der Waals surface area contributed by atoms with Crippen LogP contribution in [0, 0.1) is 5.82 Å². The summed E-state index contributed by atoms with van der Waals surface area (Å²) in [6.45, 7) is 0.0795. The number of benzene rings is 3. The van der Waals surface area contributed by atoms with E-state index in [1.807, 2.05) is 48.5 Å². The smallest absolute Gasteiger partial charge is 0.407 e. The molecule has 0 heterocycles. The van der Waals surface area contributed by atoms with Gasteiger partial charge < -0.3 is 20.0 Å². The molecule has 1 aliphatic carbocycles. The van der Waals surface area contributed by atoms with Crippen molar-refractivity contribution < 1.29 is 23.8 Å². The number of fused-ring (bicyclic) bond motifs is 3. The van der Waals surface area contributed by atoms with Gasteiger partial charge in [-0.2, -0.15) is 0 Å². The van der Waals surface area contributed by atoms with Crippen LogP contribution in [-0.4, -0.2) is 24.7 Å². The third kappa shape index (κ3) is 4.03. The van der Waals surface area contributed by atoms with E-state index in [2.05, 4.69) is 5.32 Å². The van der Waals surface area contributed by atoms with Crippen LogP contribution in [0.4, 0.5) is 9.18 Å². The number of rotatable bonds is 6. The lowest BCUT2D eigenvalue weighted by Gasteiger charge is -2.21. The SMILES string of the molecule is O=C(N[C@@H](Cc1ccc(F)cc1)C(=O)[O-])OCC1c2ccccc2-c2ccccc21. The van der Waals surface area contributed by atoms with Gasteiger partial charge in [-0.3, -0.25) is 0 Å². The summed E-state index contributed by atoms with van der Waals surface area (Å²) < 4.78 is 18.4. The number of hydrogen-bond donors (Lipinski definition) is 1. The predicted molar refractivity (Wildman–Crippen MR) is 107 cm³/mol. The molecule has 0 aliphatic heterocycles. The van der Waals surface area contributed by atoms with Crippen LogP contribution in [0.1, 0.15) is 22.6 Å². The number of hydrogen-bond acceptors (Lipinski definition) is 4. The van der Waals surface area contributed by atoms with Gasteiger partial charge in [-0.25, -0.2) is 9.18 Å². The number of carbonyl (C=O) groups excluding carboxylic acids is 2. The second kappa shape index (κ2) is 8.37. The number of amides is 1. The molecule has 4 rings (SSSR count). The van der Waals surface area contributed by atoms with E-state index in [0.717, 1.165) is 22.3 Å². The summed E-state index contributed by atoms with van der Waals surface area (Å²) >= 11 is 0. The minimum atomic E-state index is -1.44. The minimum Gasteiger partial charge on any atom is -0.548 e. The fourth-order valence-corrected chi connectivity index (χ4v) is 3.83. The monoisotopic (exact) mass is 404 g/mol. The van der Waals surface area contributed by atoms with Crippen LogP contribution in [0.25, 0.3) is 11.1 Å². The fourth-order valence-electron chi connectivity index (χ4n) is 3.83. The van der Waals surface area contributed by atoms with Crippen molar-refractivity contribution in [1.29, 1.82) is 0 Å². The molecular formula is C24H19FNO4-. The maximum atomic E-state index is 13.0. The molecule has 3 aromatic carbocycles. The molecule has 0 spiro atoms. The van der Waals surface area contributed by atoms with Gasteiger partial charge in [0, 0.05) is 5.92 Å². The molecule has 3 aromatic rings. The quantitative estimate of drug-likeness (QED) is 0.685. The minimum absolute atomic E-state index is 0.0349. The van der Waals surface area contributed by atoms with E-state index in [0.29, 0.717) is 5.56 Å². The van der Waals surface area contributed by atoms with E-state index >= 15 is 0 Å². The van der Waals surface area contributed by atoms with E-state index in [1.54, 1.807) is 0 Å². The van der Waals surface area contributed by atoms with Crippen LogP contribution in [0.5, 0.6) is 0 Å². The molecule has 30 heavy (non-hydrogen) atoms. The number of carboxylic acids is 1. The van der Waals surface area contributed by atoms with Crippen molar-refractivity contribution in [1.82, 2.24) is 5.32 Å². The molecule has 0 saturated heterocycles. The van der Waals surface area contributed by atoms with Gasteiger partial charge in [0.25, 0.3) is 0 Å². The van der Waals surface area contributed by atoms with Gasteiger partial charge in [0.05, 0.1) is 12.0 Å². The summed E-state index contributed by atoms with van der Waals surface area (Å²) in [7, 11) is 0. The lowest BCUT2D eigenvalue weighted by Crippen LogP contribution is -2.49. The van der Waals surface area contributed by atoms with Crippen molar-refractivity contribution in [3.63, 3.8) is 0 Å². The first kappa shape index (κ1) is 19.6. The number of ether oxygens (including phenoxy) is 1. The Morgan fingerprint density at radius 3 is 2.07 bits per heavy atom. The molecule has 0 saturated carbocycles. The average Bonchev–Trinajstić information content (AvgIpc) is 3.07. The van der Waals surface area contributed by atoms with Gasteiger partial charge in [0.2, 0.25) is 0 Å². The summed E-state index contributed by atoms with van der Waals surface area (Å²) in [5.41, 5.74) is 4.89. The Bertz CT molecular complexity index is 1040. The maximum absolute atomic E-state index is 13.0. The molecule has 0 bridgehead atoms. The zero-order chi connectivity index (χ0) is 21.1. The fraction of sp³-hybridized carbons (Fsp3) is 0.167. The first-order valence-corrected chi connectivity index (χ1v) is 9.59. The van der Waals surface area contributed by atoms with E-state index in [9.17, 15) is 19.1 Å². The van der Waals surface area contributed by atoms with Crippen LogP contribution in [0.15, 0.2) is 72.8 Å². The molecule has 1 atom stereocenters. The average molecular weight is 404 g/mol. The number of alkyl carbamates (subject to hydrolysis) is 1. The highest BCUT2D eigenvalue weighted by Crippen LogP contribution is 2.44. The molecule has 1 aliphatic rings. The van der Waals surface area contributed by atoms with Crippen molar-refractivity contribution in [2.24, 2.45) is 0 Å². The lowest BCUT2D eigenvalue weighted by molar-refractivity contribution is -0.308. The van der Waals surface area contributed by atoms with Crippen molar-refractivity contribution in [2.45, 2.75) is 18.4 Å². The van der Waals surface area contributed by atoms with Crippen LogP contribution < -0.4 is 10.4 Å². The molecule has 0 radical (unpaired) electrons. The molecular weight excluding hydrogens is 385 g/mol. The number of carboxylic acid groups (broad SMARTS) is 1. The van der Waals surface area contributed by atoms with Crippen LogP contribution in [-0.2, 0) is 16.0 Å². The highest BCUT2D eigenvalue weighted by Gasteiger charge is 2.29. The van der Waals surface area contributed by atoms with Gasteiger partial charge in [0.1, 0.15) is 12.4 Å². The summed E-state index contributed by atoms with van der Waals surface area (Å²) in [5.74, 6) is -1.98. The largest absolute Gasteiger partial charge is 0.548 e. The Labute approximate surface area is 173 Å². The van der Waals surface area contributed by atoms with Crippen LogP contribution >= 0.6 is 0 Å². The van der Waals surface area contributed by atoms with E-state index < -0.39 is 23.9 Å². The summed E-state index contributed by atoms with van der Waals surface area (Å²) in [5, 5.41) is 13.8. The number of halogens is 1. The second-order valence-electron chi connectivity index (χ2n) is 7.17. The first-order chi connectivity index (χ1) is 14.5. The van der Waals surface area contributed by atoms with Gasteiger partial charge >= 0.3 is 6.09 Å². The Morgan fingerprint density at radius 1 is 0.933 bits per heavy atom. The predicted octanol–water partition coefficient (Wildman–Crippen LogP) is 3.03. The zero-order valence-corrected chi connectivity index (χ0v) is 16.0. The molecule has 6 heteroatoms. The third-order valence-corrected chi connectivity index (χ3v) is 5.27. The van der Waals surface area contributed by atoms with E-state index in [1.165, 1.54) is 24.3 Å². The molecule has 5 nitrogen and oxygen atoms in total. The molecule has 0 fully saturated rings. The van der Waals surface area contributed by atoms with Crippen molar-refractivity contribution >= 4 is 12.1 Å².